The molecule has 0 atom stereocenters. The molecule has 0 aliphatic carbocycles. The van der Waals surface area contributed by atoms with Gasteiger partial charge in [-0.05, 0) is 30.7 Å². The van der Waals surface area contributed by atoms with Crippen molar-refractivity contribution >= 4 is 23.4 Å². The molecule has 3 amide bonds. The lowest BCUT2D eigenvalue weighted by molar-refractivity contribution is -0.137. The van der Waals surface area contributed by atoms with E-state index >= 15 is 0 Å². The zero-order chi connectivity index (χ0) is 23.4. The Morgan fingerprint density at radius 1 is 1.03 bits per heavy atom. The van der Waals surface area contributed by atoms with E-state index in [2.05, 4.69) is 15.6 Å². The van der Waals surface area contributed by atoms with E-state index in [0.717, 1.165) is 12.3 Å². The molecule has 3 heterocycles. The van der Waals surface area contributed by atoms with Crippen molar-refractivity contribution in [2.75, 3.05) is 49.7 Å². The van der Waals surface area contributed by atoms with E-state index in [-0.39, 0.29) is 13.3 Å². The number of hydrogen-bond donors (Lipinski definition) is 2. The number of benzene rings is 1. The number of aromatic nitrogens is 1. The van der Waals surface area contributed by atoms with Gasteiger partial charge in [-0.15, -0.1) is 0 Å². The molecule has 4 rings (SSSR count). The van der Waals surface area contributed by atoms with Crippen molar-refractivity contribution in [3.8, 4) is 11.5 Å². The molecule has 1 aromatic heterocycles. The van der Waals surface area contributed by atoms with Crippen molar-refractivity contribution in [1.82, 2.24) is 15.2 Å². The van der Waals surface area contributed by atoms with Crippen molar-refractivity contribution in [2.24, 2.45) is 0 Å². The number of hydrogen-bond acceptors (Lipinski definition) is 7. The molecule has 1 saturated heterocycles. The van der Waals surface area contributed by atoms with Crippen LogP contribution in [0.5, 0.6) is 11.5 Å². The number of nitrogens with zero attached hydrogens (tertiary/aromatic N) is 3. The van der Waals surface area contributed by atoms with Gasteiger partial charge < -0.3 is 19.7 Å². The molecule has 9 nitrogen and oxygen atoms in total. The molecule has 176 valence electrons. The SMILES string of the molecule is O=C(CN1CCCN(c2ccc(C(F)(F)F)cn2)CC1)NC(=O)Nc1ccc2c(c1)OCO2. The first-order chi connectivity index (χ1) is 15.8. The molecule has 0 spiro atoms. The normalized spacial score (nSPS) is 16.3. The molecule has 33 heavy (non-hydrogen) atoms. The molecular formula is C21H22F3N5O4. The van der Waals surface area contributed by atoms with Crippen LogP contribution in [0, 0.1) is 0 Å². The zero-order valence-corrected chi connectivity index (χ0v) is 17.5. The lowest BCUT2D eigenvalue weighted by atomic mass is 10.2. The van der Waals surface area contributed by atoms with Gasteiger partial charge in [0.05, 0.1) is 12.1 Å². The summed E-state index contributed by atoms with van der Waals surface area (Å²) in [5, 5.41) is 4.87. The molecule has 2 N–H and O–H groups in total. The van der Waals surface area contributed by atoms with Crippen LogP contribution in [0.4, 0.5) is 29.5 Å². The second-order valence-electron chi connectivity index (χ2n) is 7.59. The molecule has 1 aromatic carbocycles. The number of rotatable bonds is 4. The van der Waals surface area contributed by atoms with E-state index in [1.54, 1.807) is 18.2 Å². The van der Waals surface area contributed by atoms with Crippen molar-refractivity contribution in [3.05, 3.63) is 42.1 Å². The second-order valence-corrected chi connectivity index (χ2v) is 7.59. The summed E-state index contributed by atoms with van der Waals surface area (Å²) in [4.78, 5) is 32.1. The third kappa shape index (κ3) is 5.83. The monoisotopic (exact) mass is 465 g/mol. The molecule has 1 fully saturated rings. The van der Waals surface area contributed by atoms with Crippen molar-refractivity contribution in [2.45, 2.75) is 12.6 Å². The van der Waals surface area contributed by atoms with Gasteiger partial charge in [0, 0.05) is 44.1 Å². The minimum absolute atomic E-state index is 0.0167. The number of nitrogens with one attached hydrogen (secondary N) is 2. The predicted molar refractivity (Wildman–Crippen MR) is 112 cm³/mol. The number of ether oxygens (including phenoxy) is 2. The first-order valence-corrected chi connectivity index (χ1v) is 10.3. The predicted octanol–water partition coefficient (Wildman–Crippen LogP) is 2.69. The smallest absolute Gasteiger partial charge is 0.417 e. The largest absolute Gasteiger partial charge is 0.454 e. The first-order valence-electron chi connectivity index (χ1n) is 10.3. The van der Waals surface area contributed by atoms with Crippen LogP contribution in [0.25, 0.3) is 0 Å². The van der Waals surface area contributed by atoms with Crippen molar-refractivity contribution in [1.29, 1.82) is 0 Å². The highest BCUT2D eigenvalue weighted by Gasteiger charge is 2.31. The molecule has 0 saturated carbocycles. The average molecular weight is 465 g/mol. The summed E-state index contributed by atoms with van der Waals surface area (Å²) < 4.78 is 48.6. The van der Waals surface area contributed by atoms with Gasteiger partial charge in [0.25, 0.3) is 0 Å². The molecule has 12 heteroatoms. The van der Waals surface area contributed by atoms with Gasteiger partial charge in [0.1, 0.15) is 5.82 Å². The summed E-state index contributed by atoms with van der Waals surface area (Å²) in [5.41, 5.74) is -0.336. The number of fused-ring (bicyclic) bond motifs is 1. The van der Waals surface area contributed by atoms with Crippen LogP contribution < -0.4 is 25.0 Å². The third-order valence-corrected chi connectivity index (χ3v) is 5.24. The van der Waals surface area contributed by atoms with E-state index in [1.165, 1.54) is 6.07 Å². The van der Waals surface area contributed by atoms with Gasteiger partial charge in [-0.1, -0.05) is 0 Å². The number of carbonyl (C=O) groups excluding carboxylic acids is 2. The lowest BCUT2D eigenvalue weighted by Gasteiger charge is -2.22. The summed E-state index contributed by atoms with van der Waals surface area (Å²) in [7, 11) is 0. The van der Waals surface area contributed by atoms with Crippen LogP contribution >= 0.6 is 0 Å². The van der Waals surface area contributed by atoms with E-state index < -0.39 is 23.7 Å². The Labute approximate surface area is 187 Å². The van der Waals surface area contributed by atoms with Gasteiger partial charge in [-0.3, -0.25) is 15.0 Å². The summed E-state index contributed by atoms with van der Waals surface area (Å²) in [5.74, 6) is 1.08. The van der Waals surface area contributed by atoms with Crippen molar-refractivity contribution < 1.29 is 32.2 Å². The Bertz CT molecular complexity index is 1020. The summed E-state index contributed by atoms with van der Waals surface area (Å²) in [6.07, 6.45) is -2.91. The topological polar surface area (TPSA) is 96.0 Å². The molecule has 0 radical (unpaired) electrons. The molecule has 2 aliphatic heterocycles. The molecule has 2 aromatic rings. The molecule has 0 unspecified atom stereocenters. The van der Waals surface area contributed by atoms with Crippen LogP contribution in [0.3, 0.4) is 0 Å². The number of alkyl halides is 3. The van der Waals surface area contributed by atoms with E-state index in [1.807, 2.05) is 9.80 Å². The Kier molecular flexibility index (Phi) is 6.54. The van der Waals surface area contributed by atoms with Crippen LogP contribution in [-0.2, 0) is 11.0 Å². The Hall–Kier alpha value is -3.54. The third-order valence-electron chi connectivity index (χ3n) is 5.24. The van der Waals surface area contributed by atoms with Crippen LogP contribution in [0.15, 0.2) is 36.5 Å². The Morgan fingerprint density at radius 3 is 2.61 bits per heavy atom. The number of anilines is 2. The van der Waals surface area contributed by atoms with Gasteiger partial charge in [0.15, 0.2) is 11.5 Å². The minimum atomic E-state index is -4.43. The fourth-order valence-electron chi connectivity index (χ4n) is 3.60. The highest BCUT2D eigenvalue weighted by Crippen LogP contribution is 2.34. The van der Waals surface area contributed by atoms with E-state index in [4.69, 9.17) is 9.47 Å². The number of halogens is 3. The van der Waals surface area contributed by atoms with Gasteiger partial charge in [-0.25, -0.2) is 9.78 Å². The summed E-state index contributed by atoms with van der Waals surface area (Å²) in [6.45, 7) is 2.33. The van der Waals surface area contributed by atoms with Gasteiger partial charge >= 0.3 is 12.2 Å². The number of carbonyl (C=O) groups is 2. The number of amides is 3. The van der Waals surface area contributed by atoms with Crippen LogP contribution in [0.2, 0.25) is 0 Å². The molecule has 0 bridgehead atoms. The first kappa shape index (κ1) is 22.6. The number of pyridine rings is 1. The summed E-state index contributed by atoms with van der Waals surface area (Å²) >= 11 is 0. The fourth-order valence-corrected chi connectivity index (χ4v) is 3.60. The highest BCUT2D eigenvalue weighted by molar-refractivity contribution is 6.01. The maximum absolute atomic E-state index is 12.7. The van der Waals surface area contributed by atoms with Crippen LogP contribution in [-0.4, -0.2) is 61.3 Å². The van der Waals surface area contributed by atoms with E-state index in [9.17, 15) is 22.8 Å². The Balaban J connectivity index is 1.25. The van der Waals surface area contributed by atoms with E-state index in [0.29, 0.717) is 55.6 Å². The second kappa shape index (κ2) is 9.53. The molecular weight excluding hydrogens is 443 g/mol. The number of imide groups is 1. The quantitative estimate of drug-likeness (QED) is 0.717. The maximum Gasteiger partial charge on any atom is 0.417 e. The standard InChI is InChI=1S/C21H22F3N5O4/c22-21(23,24)14-2-5-18(25-11-14)29-7-1-6-28(8-9-29)12-19(30)27-20(31)26-15-3-4-16-17(10-15)33-13-32-16/h2-5,10-11H,1,6-9,12-13H2,(H2,26,27,30,31). The van der Waals surface area contributed by atoms with Crippen LogP contribution in [0.1, 0.15) is 12.0 Å². The van der Waals surface area contributed by atoms with Gasteiger partial charge in [-0.2, -0.15) is 13.2 Å². The number of urea groups is 1. The van der Waals surface area contributed by atoms with Gasteiger partial charge in [0.2, 0.25) is 12.7 Å². The van der Waals surface area contributed by atoms with Crippen molar-refractivity contribution in [3.63, 3.8) is 0 Å². The Morgan fingerprint density at radius 2 is 1.85 bits per heavy atom. The summed E-state index contributed by atoms with van der Waals surface area (Å²) in [6, 6.07) is 6.60. The zero-order valence-electron chi connectivity index (χ0n) is 17.5. The molecule has 2 aliphatic rings. The highest BCUT2D eigenvalue weighted by atomic mass is 19.4. The minimum Gasteiger partial charge on any atom is -0.454 e. The average Bonchev–Trinajstić information content (AvgIpc) is 3.11. The fraction of sp³-hybridized carbons (Fsp3) is 0.381. The maximum atomic E-state index is 12.7. The lowest BCUT2D eigenvalue weighted by Crippen LogP contribution is -2.43.